The fourth-order valence-electron chi connectivity index (χ4n) is 2.41. The van der Waals surface area contributed by atoms with Gasteiger partial charge in [0, 0.05) is 0 Å². The van der Waals surface area contributed by atoms with Gasteiger partial charge in [0.05, 0.1) is 0 Å². The molecule has 0 bridgehead atoms. The Bertz CT molecular complexity index is 206. The average molecular weight is 220 g/mol. The Morgan fingerprint density at radius 2 is 1.80 bits per heavy atom. The Balaban J connectivity index is 2.56. The van der Waals surface area contributed by atoms with Crippen LogP contribution < -0.4 is 0 Å². The van der Waals surface area contributed by atoms with Crippen LogP contribution in [-0.2, 0) is 0 Å². The first kappa shape index (κ1) is 12.9. The summed E-state index contributed by atoms with van der Waals surface area (Å²) < 4.78 is 25.1. The lowest BCUT2D eigenvalue weighted by Gasteiger charge is -2.42. The minimum Gasteiger partial charge on any atom is -0.384 e. The Hall–Kier alpha value is -0.180. The van der Waals surface area contributed by atoms with Gasteiger partial charge in [-0.1, -0.05) is 27.2 Å². The molecule has 1 aliphatic carbocycles. The normalized spacial score (nSPS) is 33.4. The van der Waals surface area contributed by atoms with Crippen LogP contribution in [0.4, 0.5) is 8.78 Å². The molecule has 0 heterocycles. The summed E-state index contributed by atoms with van der Waals surface area (Å²) in [5.74, 6) is 0.474. The van der Waals surface area contributed by atoms with E-state index in [1.54, 1.807) is 0 Å². The predicted molar refractivity (Wildman–Crippen MR) is 57.0 cm³/mol. The van der Waals surface area contributed by atoms with Crippen LogP contribution in [0.5, 0.6) is 0 Å². The molecule has 0 aromatic carbocycles. The van der Waals surface area contributed by atoms with Gasteiger partial charge in [0.15, 0.2) is 0 Å². The van der Waals surface area contributed by atoms with Crippen LogP contribution in [0.15, 0.2) is 0 Å². The van der Waals surface area contributed by atoms with Crippen molar-refractivity contribution in [1.82, 2.24) is 0 Å². The van der Waals surface area contributed by atoms with Crippen LogP contribution >= 0.6 is 0 Å². The lowest BCUT2D eigenvalue weighted by molar-refractivity contribution is -0.129. The second-order valence-corrected chi connectivity index (χ2v) is 5.52. The Morgan fingerprint density at radius 1 is 1.33 bits per heavy atom. The van der Waals surface area contributed by atoms with E-state index in [9.17, 15) is 13.9 Å². The molecule has 90 valence electrons. The van der Waals surface area contributed by atoms with Gasteiger partial charge in [0.2, 0.25) is 0 Å². The third kappa shape index (κ3) is 2.68. The monoisotopic (exact) mass is 220 g/mol. The molecule has 0 radical (unpaired) electrons. The molecule has 1 nitrogen and oxygen atoms in total. The van der Waals surface area contributed by atoms with Crippen LogP contribution in [0.25, 0.3) is 0 Å². The van der Waals surface area contributed by atoms with Gasteiger partial charge < -0.3 is 5.11 Å². The van der Waals surface area contributed by atoms with Gasteiger partial charge in [-0.3, -0.25) is 0 Å². The molecule has 1 aliphatic rings. The Kier molecular flexibility index (Phi) is 3.75. The van der Waals surface area contributed by atoms with E-state index in [4.69, 9.17) is 0 Å². The van der Waals surface area contributed by atoms with Gasteiger partial charge in [-0.2, -0.15) is 0 Å². The second-order valence-electron chi connectivity index (χ2n) is 5.52. The standard InChI is InChI=1S/C12H22F2O/c1-4-11(2,3)9-5-7-12(15,8-6-9)10(13)14/h9-10,15H,4-8H2,1-3H3. The quantitative estimate of drug-likeness (QED) is 0.770. The minimum atomic E-state index is -2.59. The lowest BCUT2D eigenvalue weighted by Crippen LogP contribution is -2.43. The van der Waals surface area contributed by atoms with Crippen LogP contribution in [-0.4, -0.2) is 17.1 Å². The van der Waals surface area contributed by atoms with Crippen molar-refractivity contribution < 1.29 is 13.9 Å². The van der Waals surface area contributed by atoms with Crippen molar-refractivity contribution >= 4 is 0 Å². The molecule has 0 unspecified atom stereocenters. The molecule has 15 heavy (non-hydrogen) atoms. The third-order valence-electron chi connectivity index (χ3n) is 4.27. The summed E-state index contributed by atoms with van der Waals surface area (Å²) in [6.07, 6.45) is 0.411. The maximum absolute atomic E-state index is 12.6. The van der Waals surface area contributed by atoms with Crippen molar-refractivity contribution in [1.29, 1.82) is 0 Å². The van der Waals surface area contributed by atoms with Gasteiger partial charge in [-0.15, -0.1) is 0 Å². The van der Waals surface area contributed by atoms with Gasteiger partial charge in [-0.25, -0.2) is 8.78 Å². The number of alkyl halides is 2. The molecule has 1 rings (SSSR count). The molecule has 1 saturated carbocycles. The number of hydrogen-bond donors (Lipinski definition) is 1. The average Bonchev–Trinajstić information content (AvgIpc) is 2.18. The molecular weight excluding hydrogens is 198 g/mol. The summed E-state index contributed by atoms with van der Waals surface area (Å²) in [5, 5.41) is 9.65. The van der Waals surface area contributed by atoms with E-state index < -0.39 is 12.0 Å². The van der Waals surface area contributed by atoms with E-state index in [1.807, 2.05) is 0 Å². The fraction of sp³-hybridized carbons (Fsp3) is 1.00. The lowest BCUT2D eigenvalue weighted by atomic mass is 9.66. The minimum absolute atomic E-state index is 0.212. The van der Waals surface area contributed by atoms with Crippen molar-refractivity contribution in [3.8, 4) is 0 Å². The first-order chi connectivity index (χ1) is 6.82. The first-order valence-electron chi connectivity index (χ1n) is 5.82. The van der Waals surface area contributed by atoms with Crippen molar-refractivity contribution in [3.05, 3.63) is 0 Å². The van der Waals surface area contributed by atoms with Crippen LogP contribution in [0.1, 0.15) is 52.9 Å². The van der Waals surface area contributed by atoms with Crippen molar-refractivity contribution in [3.63, 3.8) is 0 Å². The van der Waals surface area contributed by atoms with Crippen LogP contribution in [0, 0.1) is 11.3 Å². The fourth-order valence-corrected chi connectivity index (χ4v) is 2.41. The van der Waals surface area contributed by atoms with Crippen LogP contribution in [0.2, 0.25) is 0 Å². The zero-order valence-electron chi connectivity index (χ0n) is 9.89. The molecule has 1 fully saturated rings. The topological polar surface area (TPSA) is 20.2 Å². The molecule has 0 atom stereocenters. The van der Waals surface area contributed by atoms with E-state index >= 15 is 0 Å². The molecule has 1 N–H and O–H groups in total. The van der Waals surface area contributed by atoms with Gasteiger partial charge in [-0.05, 0) is 37.0 Å². The summed E-state index contributed by atoms with van der Waals surface area (Å²) in [4.78, 5) is 0. The number of aliphatic hydroxyl groups is 1. The van der Waals surface area contributed by atoms with E-state index in [1.165, 1.54) is 0 Å². The highest BCUT2D eigenvalue weighted by Crippen LogP contribution is 2.44. The maximum Gasteiger partial charge on any atom is 0.266 e. The first-order valence-corrected chi connectivity index (χ1v) is 5.82. The summed E-state index contributed by atoms with van der Waals surface area (Å²) >= 11 is 0. The highest BCUT2D eigenvalue weighted by atomic mass is 19.3. The largest absolute Gasteiger partial charge is 0.384 e. The van der Waals surface area contributed by atoms with Gasteiger partial charge in [0.1, 0.15) is 5.60 Å². The highest BCUT2D eigenvalue weighted by Gasteiger charge is 2.43. The van der Waals surface area contributed by atoms with E-state index in [0.717, 1.165) is 19.3 Å². The zero-order chi connectivity index (χ0) is 11.7. The van der Waals surface area contributed by atoms with Crippen LogP contribution in [0.3, 0.4) is 0 Å². The SMILES string of the molecule is CCC(C)(C)C1CCC(O)(C(F)F)CC1. The number of rotatable bonds is 3. The smallest absolute Gasteiger partial charge is 0.266 e. The zero-order valence-corrected chi connectivity index (χ0v) is 9.89. The summed E-state index contributed by atoms with van der Waals surface area (Å²) in [6.45, 7) is 6.50. The molecule has 0 saturated heterocycles. The molecule has 0 aliphatic heterocycles. The summed E-state index contributed by atoms with van der Waals surface area (Å²) in [5.41, 5.74) is -1.50. The third-order valence-corrected chi connectivity index (χ3v) is 4.27. The van der Waals surface area contributed by atoms with Gasteiger partial charge >= 0.3 is 0 Å². The summed E-state index contributed by atoms with van der Waals surface area (Å²) in [7, 11) is 0. The van der Waals surface area contributed by atoms with E-state index in [0.29, 0.717) is 5.92 Å². The summed E-state index contributed by atoms with van der Waals surface area (Å²) in [6, 6.07) is 0. The molecule has 0 spiro atoms. The molecule has 0 amide bonds. The van der Waals surface area contributed by atoms with E-state index in [2.05, 4.69) is 20.8 Å². The molecule has 0 aromatic rings. The Labute approximate surface area is 90.9 Å². The molecule has 0 aromatic heterocycles. The second kappa shape index (κ2) is 4.36. The number of hydrogen-bond acceptors (Lipinski definition) is 1. The van der Waals surface area contributed by atoms with Crippen molar-refractivity contribution in [2.45, 2.75) is 64.9 Å². The molecule has 3 heteroatoms. The van der Waals surface area contributed by atoms with Crippen molar-refractivity contribution in [2.24, 2.45) is 11.3 Å². The molecular formula is C12H22F2O. The van der Waals surface area contributed by atoms with Crippen molar-refractivity contribution in [2.75, 3.05) is 0 Å². The predicted octanol–water partition coefficient (Wildman–Crippen LogP) is 3.61. The maximum atomic E-state index is 12.6. The van der Waals surface area contributed by atoms with E-state index in [-0.39, 0.29) is 18.3 Å². The van der Waals surface area contributed by atoms with Gasteiger partial charge in [0.25, 0.3) is 6.43 Å². The Morgan fingerprint density at radius 3 is 2.13 bits per heavy atom. The highest BCUT2D eigenvalue weighted by molar-refractivity contribution is 4.91. The number of halogens is 2.